The lowest BCUT2D eigenvalue weighted by atomic mass is 9.69. The summed E-state index contributed by atoms with van der Waals surface area (Å²) in [5, 5.41) is 0. The first-order chi connectivity index (χ1) is 11.0. The molecule has 0 saturated carbocycles. The zero-order chi connectivity index (χ0) is 16.6. The number of piperidine rings is 1. The first-order valence-corrected chi connectivity index (χ1v) is 8.25. The van der Waals surface area contributed by atoms with E-state index in [1.54, 1.807) is 25.9 Å². The van der Waals surface area contributed by atoms with Crippen molar-refractivity contribution in [3.05, 3.63) is 35.9 Å². The number of carbonyl (C=O) groups excluding carboxylic acids is 2. The van der Waals surface area contributed by atoms with Crippen molar-refractivity contribution in [1.82, 2.24) is 14.7 Å². The summed E-state index contributed by atoms with van der Waals surface area (Å²) in [5.74, 6) is 0.104. The molecule has 2 aliphatic heterocycles. The lowest BCUT2D eigenvalue weighted by Gasteiger charge is -2.46. The Morgan fingerprint density at radius 2 is 1.78 bits per heavy atom. The molecule has 0 radical (unpaired) electrons. The Kier molecular flexibility index (Phi) is 4.04. The molecular formula is C18H25N3O2. The van der Waals surface area contributed by atoms with Gasteiger partial charge in [-0.3, -0.25) is 4.79 Å². The normalized spacial score (nSPS) is 26.8. The largest absolute Gasteiger partial charge is 0.337 e. The third-order valence-electron chi connectivity index (χ3n) is 5.44. The minimum Gasteiger partial charge on any atom is -0.337 e. The van der Waals surface area contributed by atoms with Gasteiger partial charge < -0.3 is 14.7 Å². The van der Waals surface area contributed by atoms with E-state index in [2.05, 4.69) is 24.3 Å². The average molecular weight is 315 g/mol. The Balaban J connectivity index is 1.94. The summed E-state index contributed by atoms with van der Waals surface area (Å²) in [6, 6.07) is 10.6. The molecule has 124 valence electrons. The fourth-order valence-corrected chi connectivity index (χ4v) is 4.22. The molecule has 2 aliphatic rings. The van der Waals surface area contributed by atoms with E-state index in [9.17, 15) is 9.59 Å². The number of benzene rings is 1. The van der Waals surface area contributed by atoms with Crippen LogP contribution in [0.4, 0.5) is 4.79 Å². The van der Waals surface area contributed by atoms with Crippen LogP contribution in [0.3, 0.4) is 0 Å². The van der Waals surface area contributed by atoms with Gasteiger partial charge >= 0.3 is 6.03 Å². The highest BCUT2D eigenvalue weighted by Crippen LogP contribution is 2.45. The van der Waals surface area contributed by atoms with Gasteiger partial charge in [0.2, 0.25) is 5.91 Å². The number of amides is 3. The molecule has 0 unspecified atom stereocenters. The van der Waals surface area contributed by atoms with Gasteiger partial charge in [-0.25, -0.2) is 4.79 Å². The van der Waals surface area contributed by atoms with Gasteiger partial charge in [-0.15, -0.1) is 0 Å². The third-order valence-corrected chi connectivity index (χ3v) is 5.44. The van der Waals surface area contributed by atoms with Crippen molar-refractivity contribution in [3.8, 4) is 0 Å². The van der Waals surface area contributed by atoms with Crippen LogP contribution < -0.4 is 0 Å². The van der Waals surface area contributed by atoms with Crippen molar-refractivity contribution in [1.29, 1.82) is 0 Å². The van der Waals surface area contributed by atoms with E-state index in [1.165, 1.54) is 5.56 Å². The molecule has 1 aromatic rings. The summed E-state index contributed by atoms with van der Waals surface area (Å²) in [6.45, 7) is 3.77. The maximum atomic E-state index is 12.4. The van der Waals surface area contributed by atoms with Crippen molar-refractivity contribution < 1.29 is 9.59 Å². The van der Waals surface area contributed by atoms with E-state index in [-0.39, 0.29) is 23.4 Å². The quantitative estimate of drug-likeness (QED) is 0.795. The second kappa shape index (κ2) is 5.87. The zero-order valence-electron chi connectivity index (χ0n) is 14.2. The van der Waals surface area contributed by atoms with Crippen LogP contribution >= 0.6 is 0 Å². The van der Waals surface area contributed by atoms with Crippen LogP contribution in [0.2, 0.25) is 0 Å². The molecule has 1 aromatic carbocycles. The number of rotatable bonds is 1. The lowest BCUT2D eigenvalue weighted by Crippen LogP contribution is -2.58. The number of carbonyl (C=O) groups is 2. The summed E-state index contributed by atoms with van der Waals surface area (Å²) in [7, 11) is 3.55. The minimum atomic E-state index is -0.0178. The van der Waals surface area contributed by atoms with Crippen LogP contribution in [0.5, 0.6) is 0 Å². The molecule has 2 saturated heterocycles. The molecule has 2 heterocycles. The molecule has 3 amide bonds. The van der Waals surface area contributed by atoms with Gasteiger partial charge in [0.1, 0.15) is 0 Å². The maximum absolute atomic E-state index is 12.4. The van der Waals surface area contributed by atoms with Gasteiger partial charge in [0.05, 0.1) is 6.04 Å². The first kappa shape index (κ1) is 15.8. The minimum absolute atomic E-state index is 0.0178. The van der Waals surface area contributed by atoms with Gasteiger partial charge in [0.25, 0.3) is 0 Å². The molecule has 0 N–H and O–H groups in total. The molecule has 0 aromatic heterocycles. The molecule has 0 aliphatic carbocycles. The van der Waals surface area contributed by atoms with E-state index < -0.39 is 0 Å². The topological polar surface area (TPSA) is 43.9 Å². The Morgan fingerprint density at radius 1 is 1.13 bits per heavy atom. The number of likely N-dealkylation sites (tertiary alicyclic amines) is 2. The fourth-order valence-electron chi connectivity index (χ4n) is 4.22. The van der Waals surface area contributed by atoms with Crippen LogP contribution in [-0.2, 0) is 10.2 Å². The molecule has 0 spiro atoms. The smallest absolute Gasteiger partial charge is 0.319 e. The van der Waals surface area contributed by atoms with E-state index in [4.69, 9.17) is 0 Å². The number of nitrogens with zero attached hydrogens (tertiary/aromatic N) is 3. The summed E-state index contributed by atoms with van der Waals surface area (Å²) in [5.41, 5.74) is 1.28. The molecule has 5 heteroatoms. The van der Waals surface area contributed by atoms with Crippen molar-refractivity contribution >= 4 is 11.9 Å². The molecule has 5 nitrogen and oxygen atoms in total. The van der Waals surface area contributed by atoms with Crippen LogP contribution in [-0.4, -0.2) is 66.4 Å². The summed E-state index contributed by atoms with van der Waals surface area (Å²) < 4.78 is 0. The molecule has 0 bridgehead atoms. The van der Waals surface area contributed by atoms with Crippen molar-refractivity contribution in [2.24, 2.45) is 0 Å². The SMILES string of the molecule is CC(=O)N1CC[C@@]2(c3ccccc3)CCN(C(=O)N(C)C)C[C@H]12. The van der Waals surface area contributed by atoms with Crippen LogP contribution in [0.15, 0.2) is 30.3 Å². The van der Waals surface area contributed by atoms with Crippen LogP contribution in [0.25, 0.3) is 0 Å². The Bertz CT molecular complexity index is 602. The summed E-state index contributed by atoms with van der Waals surface area (Å²) in [4.78, 5) is 29.9. The fraction of sp³-hybridized carbons (Fsp3) is 0.556. The van der Waals surface area contributed by atoms with Crippen molar-refractivity contribution in [2.45, 2.75) is 31.2 Å². The molecule has 3 rings (SSSR count). The third kappa shape index (κ3) is 2.58. The van der Waals surface area contributed by atoms with Crippen LogP contribution in [0.1, 0.15) is 25.3 Å². The molecular weight excluding hydrogens is 290 g/mol. The highest BCUT2D eigenvalue weighted by molar-refractivity contribution is 5.76. The van der Waals surface area contributed by atoms with Gasteiger partial charge in [-0.05, 0) is 18.4 Å². The maximum Gasteiger partial charge on any atom is 0.319 e. The molecule has 2 fully saturated rings. The monoisotopic (exact) mass is 315 g/mol. The van der Waals surface area contributed by atoms with Gasteiger partial charge in [-0.2, -0.15) is 0 Å². The lowest BCUT2D eigenvalue weighted by molar-refractivity contribution is -0.130. The Labute approximate surface area is 137 Å². The Hall–Kier alpha value is -2.04. The number of hydrogen-bond donors (Lipinski definition) is 0. The van der Waals surface area contributed by atoms with E-state index in [0.717, 1.165) is 25.9 Å². The highest BCUT2D eigenvalue weighted by atomic mass is 16.2. The number of hydrogen-bond acceptors (Lipinski definition) is 2. The Morgan fingerprint density at radius 3 is 2.39 bits per heavy atom. The van der Waals surface area contributed by atoms with Crippen LogP contribution in [0, 0.1) is 0 Å². The second-order valence-electron chi connectivity index (χ2n) is 6.87. The summed E-state index contributed by atoms with van der Waals surface area (Å²) >= 11 is 0. The predicted octanol–water partition coefficient (Wildman–Crippen LogP) is 1.93. The predicted molar refractivity (Wildman–Crippen MR) is 89.2 cm³/mol. The number of fused-ring (bicyclic) bond motifs is 1. The molecule has 23 heavy (non-hydrogen) atoms. The second-order valence-corrected chi connectivity index (χ2v) is 6.87. The number of urea groups is 1. The summed E-state index contributed by atoms with van der Waals surface area (Å²) in [6.07, 6.45) is 1.89. The van der Waals surface area contributed by atoms with E-state index >= 15 is 0 Å². The van der Waals surface area contributed by atoms with E-state index in [0.29, 0.717) is 6.54 Å². The first-order valence-electron chi connectivity index (χ1n) is 8.25. The zero-order valence-corrected chi connectivity index (χ0v) is 14.2. The highest BCUT2D eigenvalue weighted by Gasteiger charge is 2.52. The standard InChI is InChI=1S/C18H25N3O2/c1-14(22)21-12-10-18(15-7-5-4-6-8-15)9-11-20(13-16(18)21)17(23)19(2)3/h4-8,16H,9-13H2,1-3H3/t16-,18+/m0/s1. The average Bonchev–Trinajstić information content (AvgIpc) is 2.94. The van der Waals surface area contributed by atoms with Gasteiger partial charge in [0.15, 0.2) is 0 Å². The van der Waals surface area contributed by atoms with Crippen molar-refractivity contribution in [3.63, 3.8) is 0 Å². The van der Waals surface area contributed by atoms with Gasteiger partial charge in [0, 0.05) is 46.1 Å². The van der Waals surface area contributed by atoms with E-state index in [1.807, 2.05) is 15.9 Å². The van der Waals surface area contributed by atoms with Gasteiger partial charge in [-0.1, -0.05) is 30.3 Å². The van der Waals surface area contributed by atoms with Crippen molar-refractivity contribution in [2.75, 3.05) is 33.7 Å². The molecule has 2 atom stereocenters.